The highest BCUT2D eigenvalue weighted by molar-refractivity contribution is 5.78. The fourth-order valence-electron chi connectivity index (χ4n) is 3.48. The van der Waals surface area contributed by atoms with Gasteiger partial charge < -0.3 is 10.0 Å². The molecule has 0 aromatic heterocycles. The van der Waals surface area contributed by atoms with Crippen molar-refractivity contribution < 1.29 is 9.90 Å². The molecule has 4 nitrogen and oxygen atoms in total. The number of carbonyl (C=O) groups is 1. The molecule has 1 unspecified atom stereocenters. The molecule has 4 heteroatoms. The quantitative estimate of drug-likeness (QED) is 0.821. The van der Waals surface area contributed by atoms with Gasteiger partial charge in [0.25, 0.3) is 0 Å². The lowest BCUT2D eigenvalue weighted by Crippen LogP contribution is -2.47. The molecule has 1 N–H and O–H groups in total. The van der Waals surface area contributed by atoms with E-state index in [4.69, 9.17) is 0 Å². The first-order valence-electron chi connectivity index (χ1n) is 7.83. The fourth-order valence-corrected chi connectivity index (χ4v) is 3.48. The average molecular weight is 268 g/mol. The summed E-state index contributed by atoms with van der Waals surface area (Å²) in [6, 6.07) is 0.512. The molecule has 110 valence electrons. The molecule has 2 fully saturated rings. The molecule has 19 heavy (non-hydrogen) atoms. The second kappa shape index (κ2) is 7.25. The van der Waals surface area contributed by atoms with Gasteiger partial charge in [-0.2, -0.15) is 0 Å². The number of nitrogens with zero attached hydrogens (tertiary/aromatic N) is 2. The topological polar surface area (TPSA) is 43.8 Å². The minimum atomic E-state index is 0.153. The van der Waals surface area contributed by atoms with Gasteiger partial charge in [0.2, 0.25) is 5.91 Å². The van der Waals surface area contributed by atoms with Gasteiger partial charge in [-0.3, -0.25) is 9.69 Å². The monoisotopic (exact) mass is 268 g/mol. The van der Waals surface area contributed by atoms with Crippen LogP contribution in [0, 0.1) is 5.92 Å². The number of hydrogen-bond donors (Lipinski definition) is 1. The average Bonchev–Trinajstić information content (AvgIpc) is 2.92. The van der Waals surface area contributed by atoms with E-state index < -0.39 is 0 Å². The zero-order valence-corrected chi connectivity index (χ0v) is 12.2. The number of carbonyl (C=O) groups excluding carboxylic acids is 1. The van der Waals surface area contributed by atoms with Crippen molar-refractivity contribution in [2.24, 2.45) is 5.92 Å². The lowest BCUT2D eigenvalue weighted by atomic mass is 10.0. The molecule has 0 aromatic rings. The summed E-state index contributed by atoms with van der Waals surface area (Å²) in [7, 11) is 0. The van der Waals surface area contributed by atoms with E-state index in [-0.39, 0.29) is 12.5 Å². The minimum Gasteiger partial charge on any atom is -0.395 e. The lowest BCUT2D eigenvalue weighted by Gasteiger charge is -2.34. The molecule has 1 aliphatic heterocycles. The maximum absolute atomic E-state index is 12.4. The van der Waals surface area contributed by atoms with Crippen LogP contribution in [0.1, 0.15) is 45.4 Å². The third kappa shape index (κ3) is 4.18. The van der Waals surface area contributed by atoms with Crippen LogP contribution in [0.5, 0.6) is 0 Å². The highest BCUT2D eigenvalue weighted by atomic mass is 16.3. The van der Waals surface area contributed by atoms with E-state index in [2.05, 4.69) is 11.8 Å². The Morgan fingerprint density at radius 2 is 2.00 bits per heavy atom. The molecule has 1 saturated heterocycles. The zero-order chi connectivity index (χ0) is 13.7. The molecule has 2 aliphatic rings. The van der Waals surface area contributed by atoms with Crippen LogP contribution in [0.4, 0.5) is 0 Å². The molecule has 1 atom stereocenters. The first-order valence-corrected chi connectivity index (χ1v) is 7.83. The number of likely N-dealkylation sites (tertiary alicyclic amines) is 1. The summed E-state index contributed by atoms with van der Waals surface area (Å²) < 4.78 is 0. The van der Waals surface area contributed by atoms with Crippen LogP contribution < -0.4 is 0 Å². The summed E-state index contributed by atoms with van der Waals surface area (Å²) in [6.07, 6.45) is 7.28. The van der Waals surface area contributed by atoms with E-state index in [0.29, 0.717) is 25.0 Å². The summed E-state index contributed by atoms with van der Waals surface area (Å²) in [5.41, 5.74) is 0. The van der Waals surface area contributed by atoms with E-state index in [1.807, 2.05) is 4.90 Å². The van der Waals surface area contributed by atoms with Crippen molar-refractivity contribution in [2.45, 2.75) is 51.5 Å². The summed E-state index contributed by atoms with van der Waals surface area (Å²) in [5, 5.41) is 9.20. The van der Waals surface area contributed by atoms with E-state index in [1.165, 1.54) is 32.1 Å². The van der Waals surface area contributed by atoms with Crippen molar-refractivity contribution in [3.63, 3.8) is 0 Å². The lowest BCUT2D eigenvalue weighted by molar-refractivity contribution is -0.134. The molecule has 2 rings (SSSR count). The van der Waals surface area contributed by atoms with Crippen molar-refractivity contribution >= 4 is 5.91 Å². The Kier molecular flexibility index (Phi) is 5.64. The molecular weight excluding hydrogens is 240 g/mol. The van der Waals surface area contributed by atoms with E-state index in [1.54, 1.807) is 0 Å². The Bertz CT molecular complexity index is 290. The summed E-state index contributed by atoms with van der Waals surface area (Å²) >= 11 is 0. The number of amides is 1. The van der Waals surface area contributed by atoms with Gasteiger partial charge in [-0.25, -0.2) is 0 Å². The molecule has 1 saturated carbocycles. The van der Waals surface area contributed by atoms with Crippen LogP contribution in [0.25, 0.3) is 0 Å². The van der Waals surface area contributed by atoms with Crippen LogP contribution in [-0.2, 0) is 4.79 Å². The van der Waals surface area contributed by atoms with E-state index in [9.17, 15) is 9.90 Å². The summed E-state index contributed by atoms with van der Waals surface area (Å²) in [4.78, 5) is 16.6. The Labute approximate surface area is 116 Å². The third-order valence-corrected chi connectivity index (χ3v) is 4.58. The number of hydrogen-bond acceptors (Lipinski definition) is 3. The summed E-state index contributed by atoms with van der Waals surface area (Å²) in [5.74, 6) is 0.891. The third-order valence-electron chi connectivity index (χ3n) is 4.58. The highest BCUT2D eigenvalue weighted by Gasteiger charge is 2.27. The van der Waals surface area contributed by atoms with Gasteiger partial charge in [0.15, 0.2) is 0 Å². The van der Waals surface area contributed by atoms with Crippen molar-refractivity contribution in [3.05, 3.63) is 0 Å². The zero-order valence-electron chi connectivity index (χ0n) is 12.2. The molecule has 0 spiro atoms. The summed E-state index contributed by atoms with van der Waals surface area (Å²) in [6.45, 7) is 5.34. The second-order valence-corrected chi connectivity index (χ2v) is 6.22. The fraction of sp³-hybridized carbons (Fsp3) is 0.933. The number of aliphatic hydroxyl groups excluding tert-OH is 1. The molecule has 1 aliphatic carbocycles. The largest absolute Gasteiger partial charge is 0.395 e. The minimum absolute atomic E-state index is 0.153. The van der Waals surface area contributed by atoms with Gasteiger partial charge in [-0.15, -0.1) is 0 Å². The van der Waals surface area contributed by atoms with Gasteiger partial charge in [0, 0.05) is 25.7 Å². The van der Waals surface area contributed by atoms with Gasteiger partial charge in [-0.05, 0) is 31.6 Å². The number of aliphatic hydroxyl groups is 1. The standard InChI is InChI=1S/C15H28N2O2/c1-13-5-4-8-17(11-13)15(19)12-16(9-10-18)14-6-2-3-7-14/h13-14,18H,2-12H2,1H3. The van der Waals surface area contributed by atoms with Gasteiger partial charge in [0.1, 0.15) is 0 Å². The van der Waals surface area contributed by atoms with Crippen molar-refractivity contribution in [1.29, 1.82) is 0 Å². The van der Waals surface area contributed by atoms with Crippen LogP contribution in [-0.4, -0.2) is 59.6 Å². The smallest absolute Gasteiger partial charge is 0.236 e. The predicted octanol–water partition coefficient (Wildman–Crippen LogP) is 1.48. The molecular formula is C15H28N2O2. The van der Waals surface area contributed by atoms with E-state index >= 15 is 0 Å². The van der Waals surface area contributed by atoms with Crippen LogP contribution in [0.2, 0.25) is 0 Å². The molecule has 1 amide bonds. The Hall–Kier alpha value is -0.610. The Morgan fingerprint density at radius 3 is 2.63 bits per heavy atom. The maximum atomic E-state index is 12.4. The van der Waals surface area contributed by atoms with Crippen LogP contribution >= 0.6 is 0 Å². The van der Waals surface area contributed by atoms with E-state index in [0.717, 1.165) is 19.5 Å². The van der Waals surface area contributed by atoms with Gasteiger partial charge in [0.05, 0.1) is 13.2 Å². The maximum Gasteiger partial charge on any atom is 0.236 e. The Balaban J connectivity index is 1.86. The van der Waals surface area contributed by atoms with Gasteiger partial charge >= 0.3 is 0 Å². The first kappa shape index (κ1) is 14.8. The first-order chi connectivity index (χ1) is 9.20. The molecule has 0 bridgehead atoms. The second-order valence-electron chi connectivity index (χ2n) is 6.22. The number of rotatable bonds is 5. The molecule has 0 aromatic carbocycles. The normalized spacial score (nSPS) is 25.2. The van der Waals surface area contributed by atoms with Gasteiger partial charge in [-0.1, -0.05) is 19.8 Å². The van der Waals surface area contributed by atoms with Crippen molar-refractivity contribution in [1.82, 2.24) is 9.80 Å². The molecule has 0 radical (unpaired) electrons. The van der Waals surface area contributed by atoms with Crippen molar-refractivity contribution in [3.8, 4) is 0 Å². The SMILES string of the molecule is CC1CCCN(C(=O)CN(CCO)C2CCCC2)C1. The molecule has 1 heterocycles. The Morgan fingerprint density at radius 1 is 1.26 bits per heavy atom. The predicted molar refractivity (Wildman–Crippen MR) is 75.9 cm³/mol. The highest BCUT2D eigenvalue weighted by Crippen LogP contribution is 2.23. The number of piperidine rings is 1. The van der Waals surface area contributed by atoms with Crippen LogP contribution in [0.3, 0.4) is 0 Å². The van der Waals surface area contributed by atoms with Crippen molar-refractivity contribution in [2.75, 3.05) is 32.8 Å². The van der Waals surface area contributed by atoms with Crippen LogP contribution in [0.15, 0.2) is 0 Å².